The molecule has 1 aromatic rings. The SMILES string of the molecule is CSC1NNc2cc(C(F)(F)F)nn21. The van der Waals surface area contributed by atoms with Crippen molar-refractivity contribution in [1.82, 2.24) is 15.2 Å². The van der Waals surface area contributed by atoms with Crippen molar-refractivity contribution in [2.45, 2.75) is 11.7 Å². The maximum absolute atomic E-state index is 12.2. The van der Waals surface area contributed by atoms with Gasteiger partial charge in [0.1, 0.15) is 5.82 Å². The Bertz CT molecular complexity index is 347. The van der Waals surface area contributed by atoms with Gasteiger partial charge >= 0.3 is 6.18 Å². The number of hydrogen-bond acceptors (Lipinski definition) is 4. The summed E-state index contributed by atoms with van der Waals surface area (Å²) in [5.41, 5.74) is 4.23. The first kappa shape index (κ1) is 9.66. The molecule has 0 saturated heterocycles. The largest absolute Gasteiger partial charge is 0.435 e. The molecule has 2 rings (SSSR count). The van der Waals surface area contributed by atoms with Gasteiger partial charge in [-0.2, -0.15) is 18.3 Å². The number of rotatable bonds is 1. The van der Waals surface area contributed by atoms with Crippen LogP contribution in [0.25, 0.3) is 0 Å². The second-order valence-corrected chi connectivity index (χ2v) is 3.63. The lowest BCUT2D eigenvalue weighted by Gasteiger charge is -2.07. The van der Waals surface area contributed by atoms with E-state index in [4.69, 9.17) is 0 Å². The monoisotopic (exact) mass is 224 g/mol. The van der Waals surface area contributed by atoms with Crippen molar-refractivity contribution in [3.05, 3.63) is 11.8 Å². The van der Waals surface area contributed by atoms with Crippen LogP contribution < -0.4 is 10.9 Å². The zero-order valence-corrected chi connectivity index (χ0v) is 7.91. The summed E-state index contributed by atoms with van der Waals surface area (Å²) in [6.07, 6.45) is -2.61. The molecular formula is C6H7F3N4S. The zero-order chi connectivity index (χ0) is 10.3. The van der Waals surface area contributed by atoms with Gasteiger partial charge in [0.2, 0.25) is 0 Å². The van der Waals surface area contributed by atoms with E-state index < -0.39 is 11.9 Å². The van der Waals surface area contributed by atoms with Crippen LogP contribution in [0.4, 0.5) is 19.0 Å². The molecule has 78 valence electrons. The van der Waals surface area contributed by atoms with Crippen molar-refractivity contribution in [3.63, 3.8) is 0 Å². The van der Waals surface area contributed by atoms with E-state index in [1.807, 2.05) is 0 Å². The van der Waals surface area contributed by atoms with Crippen molar-refractivity contribution in [2.75, 3.05) is 11.7 Å². The fourth-order valence-corrected chi connectivity index (χ4v) is 1.70. The predicted octanol–water partition coefficient (Wildman–Crippen LogP) is 1.65. The highest BCUT2D eigenvalue weighted by Gasteiger charge is 2.37. The predicted molar refractivity (Wildman–Crippen MR) is 46.5 cm³/mol. The Hall–Kier alpha value is -0.890. The minimum atomic E-state index is -4.39. The molecule has 0 saturated carbocycles. The van der Waals surface area contributed by atoms with Crippen LogP contribution in [-0.2, 0) is 6.18 Å². The molecule has 2 heterocycles. The van der Waals surface area contributed by atoms with Crippen LogP contribution in [0, 0.1) is 0 Å². The second kappa shape index (κ2) is 3.06. The number of nitrogens with one attached hydrogen (secondary N) is 2. The van der Waals surface area contributed by atoms with Crippen molar-refractivity contribution in [2.24, 2.45) is 0 Å². The summed E-state index contributed by atoms with van der Waals surface area (Å²) in [5, 5.41) is 3.46. The summed E-state index contributed by atoms with van der Waals surface area (Å²) in [6.45, 7) is 0. The Morgan fingerprint density at radius 2 is 2.29 bits per heavy atom. The summed E-state index contributed by atoms with van der Waals surface area (Å²) in [6, 6.07) is 0.975. The maximum Gasteiger partial charge on any atom is 0.435 e. The lowest BCUT2D eigenvalue weighted by molar-refractivity contribution is -0.141. The first-order valence-electron chi connectivity index (χ1n) is 3.73. The Morgan fingerprint density at radius 3 is 2.86 bits per heavy atom. The first-order chi connectivity index (χ1) is 6.52. The highest BCUT2D eigenvalue weighted by molar-refractivity contribution is 7.98. The highest BCUT2D eigenvalue weighted by atomic mass is 32.2. The molecule has 1 aliphatic heterocycles. The Morgan fingerprint density at radius 1 is 1.57 bits per heavy atom. The van der Waals surface area contributed by atoms with Crippen LogP contribution in [0.1, 0.15) is 11.2 Å². The number of hydrazine groups is 1. The maximum atomic E-state index is 12.2. The van der Waals surface area contributed by atoms with Gasteiger partial charge in [0.25, 0.3) is 0 Å². The molecular weight excluding hydrogens is 217 g/mol. The topological polar surface area (TPSA) is 41.9 Å². The van der Waals surface area contributed by atoms with E-state index in [1.165, 1.54) is 16.4 Å². The average molecular weight is 224 g/mol. The number of anilines is 1. The Balaban J connectivity index is 2.35. The number of thioether (sulfide) groups is 1. The van der Waals surface area contributed by atoms with Gasteiger partial charge in [-0.15, -0.1) is 11.8 Å². The Kier molecular flexibility index (Phi) is 2.11. The molecule has 2 N–H and O–H groups in total. The van der Waals surface area contributed by atoms with Crippen LogP contribution in [-0.4, -0.2) is 16.0 Å². The van der Waals surface area contributed by atoms with Crippen molar-refractivity contribution in [3.8, 4) is 0 Å². The number of fused-ring (bicyclic) bond motifs is 1. The molecule has 0 aromatic carbocycles. The van der Waals surface area contributed by atoms with Crippen molar-refractivity contribution in [1.29, 1.82) is 0 Å². The fourth-order valence-electron chi connectivity index (χ4n) is 1.16. The van der Waals surface area contributed by atoms with Crippen LogP contribution in [0.5, 0.6) is 0 Å². The number of alkyl halides is 3. The van der Waals surface area contributed by atoms with Gasteiger partial charge in [-0.05, 0) is 6.26 Å². The molecule has 4 nitrogen and oxygen atoms in total. The molecule has 8 heteroatoms. The standard InChI is InChI=1S/C6H7F3N4S/c1-14-5-11-10-4-2-3(6(7,8)9)12-13(4)5/h2,5,10-11H,1H3. The average Bonchev–Trinajstić information content (AvgIpc) is 2.58. The van der Waals surface area contributed by atoms with Gasteiger partial charge in [0.05, 0.1) is 0 Å². The quantitative estimate of drug-likeness (QED) is 0.761. The summed E-state index contributed by atoms with van der Waals surface area (Å²) >= 11 is 1.36. The molecule has 0 aliphatic carbocycles. The minimum Gasteiger partial charge on any atom is -0.303 e. The lowest BCUT2D eigenvalue weighted by Crippen LogP contribution is -2.20. The highest BCUT2D eigenvalue weighted by Crippen LogP contribution is 2.34. The summed E-state index contributed by atoms with van der Waals surface area (Å²) < 4.78 is 38.0. The van der Waals surface area contributed by atoms with Crippen LogP contribution >= 0.6 is 11.8 Å². The van der Waals surface area contributed by atoms with Crippen LogP contribution in [0.2, 0.25) is 0 Å². The van der Waals surface area contributed by atoms with Gasteiger partial charge < -0.3 is 5.43 Å². The number of halogens is 3. The molecule has 1 atom stereocenters. The van der Waals surface area contributed by atoms with Crippen molar-refractivity contribution >= 4 is 17.6 Å². The number of hydrogen-bond donors (Lipinski definition) is 2. The van der Waals surface area contributed by atoms with Gasteiger partial charge in [-0.25, -0.2) is 10.1 Å². The molecule has 0 fully saturated rings. The normalized spacial score (nSPS) is 20.7. The van der Waals surface area contributed by atoms with E-state index in [0.29, 0.717) is 5.82 Å². The third-order valence-electron chi connectivity index (χ3n) is 1.80. The molecule has 14 heavy (non-hydrogen) atoms. The lowest BCUT2D eigenvalue weighted by atomic mass is 10.4. The van der Waals surface area contributed by atoms with E-state index in [0.717, 1.165) is 6.07 Å². The van der Waals surface area contributed by atoms with Crippen molar-refractivity contribution < 1.29 is 13.2 Å². The Labute approximate surface area is 81.8 Å². The summed E-state index contributed by atoms with van der Waals surface area (Å²) in [5.74, 6) is 0.330. The number of nitrogens with zero attached hydrogens (tertiary/aromatic N) is 2. The molecule has 0 spiro atoms. The molecule has 0 radical (unpaired) electrons. The van der Waals surface area contributed by atoms with Crippen LogP contribution in [0.3, 0.4) is 0 Å². The zero-order valence-electron chi connectivity index (χ0n) is 7.09. The molecule has 0 bridgehead atoms. The minimum absolute atomic E-state index is 0.291. The molecule has 1 aromatic heterocycles. The van der Waals surface area contributed by atoms with Gasteiger partial charge in [-0.1, -0.05) is 0 Å². The fraction of sp³-hybridized carbons (Fsp3) is 0.500. The smallest absolute Gasteiger partial charge is 0.303 e. The third-order valence-corrected chi connectivity index (χ3v) is 2.56. The van der Waals surface area contributed by atoms with E-state index in [9.17, 15) is 13.2 Å². The molecule has 1 aliphatic rings. The second-order valence-electron chi connectivity index (χ2n) is 2.71. The van der Waals surface area contributed by atoms with Crippen LogP contribution in [0.15, 0.2) is 6.07 Å². The summed E-state index contributed by atoms with van der Waals surface area (Å²) in [4.78, 5) is 0. The number of aromatic nitrogens is 2. The first-order valence-corrected chi connectivity index (χ1v) is 5.02. The van der Waals surface area contributed by atoms with Gasteiger partial charge in [0.15, 0.2) is 11.2 Å². The van der Waals surface area contributed by atoms with E-state index >= 15 is 0 Å². The van der Waals surface area contributed by atoms with Gasteiger partial charge in [0, 0.05) is 6.07 Å². The molecule has 0 amide bonds. The van der Waals surface area contributed by atoms with E-state index in [1.54, 1.807) is 6.26 Å². The summed E-state index contributed by atoms with van der Waals surface area (Å²) in [7, 11) is 0. The van der Waals surface area contributed by atoms with E-state index in [-0.39, 0.29) is 5.50 Å². The van der Waals surface area contributed by atoms with E-state index in [2.05, 4.69) is 16.0 Å². The van der Waals surface area contributed by atoms with Gasteiger partial charge in [-0.3, -0.25) is 0 Å². The molecule has 1 unspecified atom stereocenters. The third kappa shape index (κ3) is 1.44.